The second-order valence-electron chi connectivity index (χ2n) is 3.41. The van der Waals surface area contributed by atoms with Crippen molar-refractivity contribution >= 4 is 5.91 Å². The number of hydrogen-bond donors (Lipinski definition) is 2. The minimum atomic E-state index is 0.0569. The normalized spacial score (nSPS) is 10.7. The Morgan fingerprint density at radius 1 is 1.47 bits per heavy atom. The van der Waals surface area contributed by atoms with Crippen molar-refractivity contribution in [3.05, 3.63) is 0 Å². The van der Waals surface area contributed by atoms with Crippen LogP contribution in [0.4, 0.5) is 0 Å². The Morgan fingerprint density at radius 3 is 2.73 bits per heavy atom. The molecule has 3 N–H and O–H groups in total. The highest BCUT2D eigenvalue weighted by molar-refractivity contribution is 5.77. The maximum absolute atomic E-state index is 11.4. The van der Waals surface area contributed by atoms with Crippen LogP contribution in [0.1, 0.15) is 13.3 Å². The van der Waals surface area contributed by atoms with Gasteiger partial charge in [0.15, 0.2) is 0 Å². The third-order valence-electron chi connectivity index (χ3n) is 2.00. The number of rotatable bonds is 9. The van der Waals surface area contributed by atoms with Crippen LogP contribution in [0, 0.1) is 0 Å². The summed E-state index contributed by atoms with van der Waals surface area (Å²) in [5, 5.41) is 2.84. The molecule has 0 unspecified atom stereocenters. The van der Waals surface area contributed by atoms with Gasteiger partial charge in [-0.2, -0.15) is 0 Å². The Hall–Kier alpha value is -0.650. The van der Waals surface area contributed by atoms with Gasteiger partial charge in [-0.1, -0.05) is 6.92 Å². The lowest BCUT2D eigenvalue weighted by Crippen LogP contribution is -2.41. The van der Waals surface area contributed by atoms with Crippen molar-refractivity contribution in [1.82, 2.24) is 10.2 Å². The summed E-state index contributed by atoms with van der Waals surface area (Å²) in [5.74, 6) is 0.0569. The summed E-state index contributed by atoms with van der Waals surface area (Å²) in [6.07, 6.45) is 0.959. The van der Waals surface area contributed by atoms with Crippen molar-refractivity contribution in [3.63, 3.8) is 0 Å². The lowest BCUT2D eigenvalue weighted by molar-refractivity contribution is -0.122. The second-order valence-corrected chi connectivity index (χ2v) is 3.41. The fourth-order valence-corrected chi connectivity index (χ4v) is 1.20. The molecule has 0 atom stereocenters. The topological polar surface area (TPSA) is 67.6 Å². The monoisotopic (exact) mass is 217 g/mol. The van der Waals surface area contributed by atoms with E-state index in [9.17, 15) is 4.79 Å². The van der Waals surface area contributed by atoms with Crippen LogP contribution >= 0.6 is 0 Å². The first-order valence-corrected chi connectivity index (χ1v) is 5.42. The summed E-state index contributed by atoms with van der Waals surface area (Å²) in [6, 6.07) is 0. The van der Waals surface area contributed by atoms with Crippen LogP contribution < -0.4 is 11.1 Å². The van der Waals surface area contributed by atoms with Crippen molar-refractivity contribution < 1.29 is 9.53 Å². The Kier molecular flexibility index (Phi) is 9.46. The molecule has 1 amide bonds. The van der Waals surface area contributed by atoms with Gasteiger partial charge in [0.05, 0.1) is 13.2 Å². The van der Waals surface area contributed by atoms with Crippen molar-refractivity contribution in [2.45, 2.75) is 13.3 Å². The Labute approximate surface area is 91.9 Å². The Bertz CT molecular complexity index is 165. The highest BCUT2D eigenvalue weighted by Crippen LogP contribution is 1.87. The summed E-state index contributed by atoms with van der Waals surface area (Å²) >= 11 is 0. The molecule has 0 spiro atoms. The molecule has 0 aromatic heterocycles. The standard InChI is InChI=1S/C10H23N3O2/c1-3-5-12-10(14)9-13(6-4-11)7-8-15-2/h3-9,11H2,1-2H3,(H,12,14). The molecule has 0 saturated carbocycles. The number of carbonyl (C=O) groups is 1. The number of methoxy groups -OCH3 is 1. The lowest BCUT2D eigenvalue weighted by atomic mass is 10.4. The first-order chi connectivity index (χ1) is 7.24. The molecular weight excluding hydrogens is 194 g/mol. The SMILES string of the molecule is CCCNC(=O)CN(CCN)CCOC. The zero-order valence-corrected chi connectivity index (χ0v) is 9.79. The van der Waals surface area contributed by atoms with Crippen LogP contribution in [0.5, 0.6) is 0 Å². The van der Waals surface area contributed by atoms with Gasteiger partial charge in [0.25, 0.3) is 0 Å². The van der Waals surface area contributed by atoms with Gasteiger partial charge < -0.3 is 15.8 Å². The van der Waals surface area contributed by atoms with Gasteiger partial charge in [-0.25, -0.2) is 0 Å². The summed E-state index contributed by atoms with van der Waals surface area (Å²) in [5.41, 5.74) is 5.46. The van der Waals surface area contributed by atoms with Gasteiger partial charge in [-0.15, -0.1) is 0 Å². The summed E-state index contributed by atoms with van der Waals surface area (Å²) in [7, 11) is 1.65. The summed E-state index contributed by atoms with van der Waals surface area (Å²) in [6.45, 7) is 5.82. The zero-order valence-electron chi connectivity index (χ0n) is 9.79. The van der Waals surface area contributed by atoms with E-state index in [1.807, 2.05) is 11.8 Å². The molecule has 0 aromatic rings. The van der Waals surface area contributed by atoms with E-state index < -0.39 is 0 Å². The quantitative estimate of drug-likeness (QED) is 0.542. The fraction of sp³-hybridized carbons (Fsp3) is 0.900. The molecule has 0 aliphatic rings. The number of hydrogen-bond acceptors (Lipinski definition) is 4. The van der Waals surface area contributed by atoms with Crippen LogP contribution in [0.15, 0.2) is 0 Å². The number of nitrogens with zero attached hydrogens (tertiary/aromatic N) is 1. The predicted octanol–water partition coefficient (Wildman–Crippen LogP) is -0.580. The van der Waals surface area contributed by atoms with Crippen LogP contribution in [0.2, 0.25) is 0 Å². The van der Waals surface area contributed by atoms with Crippen molar-refractivity contribution in [1.29, 1.82) is 0 Å². The predicted molar refractivity (Wildman–Crippen MR) is 60.7 cm³/mol. The van der Waals surface area contributed by atoms with Crippen molar-refractivity contribution in [3.8, 4) is 0 Å². The molecule has 90 valence electrons. The van der Waals surface area contributed by atoms with Gasteiger partial charge in [0, 0.05) is 33.3 Å². The zero-order chi connectivity index (χ0) is 11.5. The largest absolute Gasteiger partial charge is 0.383 e. The van der Waals surface area contributed by atoms with Gasteiger partial charge >= 0.3 is 0 Å². The molecule has 5 nitrogen and oxygen atoms in total. The van der Waals surface area contributed by atoms with E-state index in [0.717, 1.165) is 26.1 Å². The number of nitrogens with one attached hydrogen (secondary N) is 1. The van der Waals surface area contributed by atoms with E-state index in [-0.39, 0.29) is 5.91 Å². The van der Waals surface area contributed by atoms with Gasteiger partial charge in [0.1, 0.15) is 0 Å². The molecule has 0 bridgehead atoms. The van der Waals surface area contributed by atoms with Gasteiger partial charge in [0.2, 0.25) is 5.91 Å². The van der Waals surface area contributed by atoms with Crippen molar-refractivity contribution in [2.75, 3.05) is 46.4 Å². The third kappa shape index (κ3) is 8.35. The van der Waals surface area contributed by atoms with E-state index in [1.54, 1.807) is 7.11 Å². The van der Waals surface area contributed by atoms with Crippen LogP contribution in [0.3, 0.4) is 0 Å². The van der Waals surface area contributed by atoms with E-state index in [0.29, 0.717) is 19.7 Å². The van der Waals surface area contributed by atoms with E-state index in [2.05, 4.69) is 5.32 Å². The third-order valence-corrected chi connectivity index (χ3v) is 2.00. The summed E-state index contributed by atoms with van der Waals surface area (Å²) in [4.78, 5) is 13.4. The number of nitrogens with two attached hydrogens (primary N) is 1. The summed E-state index contributed by atoms with van der Waals surface area (Å²) < 4.78 is 4.97. The average Bonchev–Trinajstić information content (AvgIpc) is 2.23. The number of ether oxygens (including phenoxy) is 1. The van der Waals surface area contributed by atoms with Crippen LogP contribution in [-0.2, 0) is 9.53 Å². The molecule has 0 radical (unpaired) electrons. The molecule has 0 saturated heterocycles. The molecule has 0 fully saturated rings. The van der Waals surface area contributed by atoms with Crippen LogP contribution in [0.25, 0.3) is 0 Å². The number of carbonyl (C=O) groups excluding carboxylic acids is 1. The molecule has 0 rings (SSSR count). The number of amides is 1. The maximum atomic E-state index is 11.4. The Morgan fingerprint density at radius 2 is 2.20 bits per heavy atom. The maximum Gasteiger partial charge on any atom is 0.234 e. The van der Waals surface area contributed by atoms with Gasteiger partial charge in [-0.3, -0.25) is 9.69 Å². The van der Waals surface area contributed by atoms with E-state index >= 15 is 0 Å². The first kappa shape index (κ1) is 14.3. The van der Waals surface area contributed by atoms with E-state index in [1.165, 1.54) is 0 Å². The highest BCUT2D eigenvalue weighted by atomic mass is 16.5. The fourth-order valence-electron chi connectivity index (χ4n) is 1.20. The minimum absolute atomic E-state index is 0.0569. The van der Waals surface area contributed by atoms with E-state index in [4.69, 9.17) is 10.5 Å². The molecule has 0 aromatic carbocycles. The molecule has 0 aliphatic heterocycles. The Balaban J connectivity index is 3.76. The molecule has 5 heteroatoms. The minimum Gasteiger partial charge on any atom is -0.383 e. The lowest BCUT2D eigenvalue weighted by Gasteiger charge is -2.20. The molecule has 0 heterocycles. The highest BCUT2D eigenvalue weighted by Gasteiger charge is 2.08. The molecular formula is C10H23N3O2. The smallest absolute Gasteiger partial charge is 0.234 e. The van der Waals surface area contributed by atoms with Crippen molar-refractivity contribution in [2.24, 2.45) is 5.73 Å². The van der Waals surface area contributed by atoms with Crippen LogP contribution in [-0.4, -0.2) is 57.2 Å². The second kappa shape index (κ2) is 9.89. The molecule has 15 heavy (non-hydrogen) atoms. The molecule has 0 aliphatic carbocycles. The average molecular weight is 217 g/mol. The van der Waals surface area contributed by atoms with Gasteiger partial charge in [-0.05, 0) is 6.42 Å². The first-order valence-electron chi connectivity index (χ1n) is 5.42.